The highest BCUT2D eigenvalue weighted by Gasteiger charge is 2.11. The van der Waals surface area contributed by atoms with Crippen molar-refractivity contribution in [1.29, 1.82) is 0 Å². The maximum absolute atomic E-state index is 12.2. The lowest BCUT2D eigenvalue weighted by Gasteiger charge is -2.12. The van der Waals surface area contributed by atoms with Gasteiger partial charge in [0.05, 0.1) is 18.7 Å². The van der Waals surface area contributed by atoms with Crippen LogP contribution in [0.2, 0.25) is 5.02 Å². The van der Waals surface area contributed by atoms with Gasteiger partial charge in [-0.15, -0.1) is 0 Å². The number of benzene rings is 2. The second-order valence-electron chi connectivity index (χ2n) is 5.30. The first-order valence-electron chi connectivity index (χ1n) is 8.16. The van der Waals surface area contributed by atoms with Gasteiger partial charge < -0.3 is 14.8 Å². The number of hydrogen-bond donors (Lipinski definition) is 1. The average Bonchev–Trinajstić information content (AvgIpc) is 2.62. The third-order valence-corrected chi connectivity index (χ3v) is 3.90. The van der Waals surface area contributed by atoms with Crippen molar-refractivity contribution in [1.82, 2.24) is 0 Å². The molecule has 132 valence electrons. The summed E-state index contributed by atoms with van der Waals surface area (Å²) in [5.41, 5.74) is 2.67. The van der Waals surface area contributed by atoms with Crippen LogP contribution < -0.4 is 14.8 Å². The minimum atomic E-state index is -0.204. The molecule has 0 aliphatic heterocycles. The van der Waals surface area contributed by atoms with E-state index in [1.807, 2.05) is 31.2 Å². The molecule has 0 heterocycles. The van der Waals surface area contributed by atoms with Crippen molar-refractivity contribution in [3.8, 4) is 11.5 Å². The van der Waals surface area contributed by atoms with Gasteiger partial charge in [-0.3, -0.25) is 4.79 Å². The van der Waals surface area contributed by atoms with E-state index < -0.39 is 0 Å². The van der Waals surface area contributed by atoms with Gasteiger partial charge in [-0.25, -0.2) is 0 Å². The zero-order valence-electron chi connectivity index (χ0n) is 14.6. The smallest absolute Gasteiger partial charge is 0.248 e. The molecule has 0 aromatic heterocycles. The molecule has 5 heteroatoms. The number of carbonyl (C=O) groups excluding carboxylic acids is 1. The number of methoxy groups -OCH3 is 1. The first-order valence-corrected chi connectivity index (χ1v) is 8.54. The van der Waals surface area contributed by atoms with Crippen LogP contribution in [0.5, 0.6) is 11.5 Å². The molecule has 0 aliphatic carbocycles. The quantitative estimate of drug-likeness (QED) is 0.710. The van der Waals surface area contributed by atoms with Crippen LogP contribution in [0.1, 0.15) is 25.0 Å². The SMILES string of the molecule is CCOc1c(Cl)cc(/C=C/C(=O)Nc2ccccc2CC)cc1OC. The van der Waals surface area contributed by atoms with Crippen molar-refractivity contribution in [3.05, 3.63) is 58.6 Å². The molecule has 25 heavy (non-hydrogen) atoms. The van der Waals surface area contributed by atoms with Crippen LogP contribution in [0.4, 0.5) is 5.69 Å². The van der Waals surface area contributed by atoms with Crippen LogP contribution in [-0.4, -0.2) is 19.6 Å². The van der Waals surface area contributed by atoms with Crippen LogP contribution in [0, 0.1) is 0 Å². The third-order valence-electron chi connectivity index (χ3n) is 3.62. The second kappa shape index (κ2) is 9.14. The van der Waals surface area contributed by atoms with Crippen molar-refractivity contribution in [3.63, 3.8) is 0 Å². The maximum atomic E-state index is 12.2. The van der Waals surface area contributed by atoms with Gasteiger partial charge in [0.15, 0.2) is 11.5 Å². The molecule has 0 fully saturated rings. The molecule has 0 radical (unpaired) electrons. The predicted octanol–water partition coefficient (Wildman–Crippen LogP) is 4.96. The van der Waals surface area contributed by atoms with Gasteiger partial charge in [0.2, 0.25) is 5.91 Å². The van der Waals surface area contributed by atoms with Gasteiger partial charge in [0, 0.05) is 11.8 Å². The molecule has 2 aromatic carbocycles. The summed E-state index contributed by atoms with van der Waals surface area (Å²) < 4.78 is 10.8. The predicted molar refractivity (Wildman–Crippen MR) is 103 cm³/mol. The summed E-state index contributed by atoms with van der Waals surface area (Å²) in [5.74, 6) is 0.834. The number of anilines is 1. The number of ether oxygens (including phenoxy) is 2. The molecule has 1 amide bonds. The van der Waals surface area contributed by atoms with Crippen molar-refractivity contribution in [2.75, 3.05) is 19.0 Å². The zero-order valence-corrected chi connectivity index (χ0v) is 15.4. The van der Waals surface area contributed by atoms with Gasteiger partial charge >= 0.3 is 0 Å². The number of nitrogens with one attached hydrogen (secondary N) is 1. The molecule has 0 saturated heterocycles. The lowest BCUT2D eigenvalue weighted by molar-refractivity contribution is -0.111. The normalized spacial score (nSPS) is 10.7. The van der Waals surface area contributed by atoms with E-state index in [-0.39, 0.29) is 5.91 Å². The van der Waals surface area contributed by atoms with Crippen LogP contribution in [0.25, 0.3) is 6.08 Å². The number of hydrogen-bond acceptors (Lipinski definition) is 3. The zero-order chi connectivity index (χ0) is 18.2. The Morgan fingerprint density at radius 2 is 2.00 bits per heavy atom. The molecule has 2 aromatic rings. The molecule has 0 aliphatic rings. The highest BCUT2D eigenvalue weighted by molar-refractivity contribution is 6.32. The summed E-state index contributed by atoms with van der Waals surface area (Å²) in [6.45, 7) is 4.42. The highest BCUT2D eigenvalue weighted by atomic mass is 35.5. The van der Waals surface area contributed by atoms with Crippen molar-refractivity contribution < 1.29 is 14.3 Å². The van der Waals surface area contributed by atoms with Gasteiger partial charge in [-0.1, -0.05) is 36.7 Å². The molecule has 1 N–H and O–H groups in total. The van der Waals surface area contributed by atoms with Gasteiger partial charge in [-0.05, 0) is 48.7 Å². The Bertz CT molecular complexity index is 772. The molecule has 0 saturated carbocycles. The first-order chi connectivity index (χ1) is 12.1. The second-order valence-corrected chi connectivity index (χ2v) is 5.71. The van der Waals surface area contributed by atoms with E-state index >= 15 is 0 Å². The Morgan fingerprint density at radius 1 is 1.24 bits per heavy atom. The van der Waals surface area contributed by atoms with Crippen molar-refractivity contribution >= 4 is 29.3 Å². The molecular weight excluding hydrogens is 338 g/mol. The summed E-state index contributed by atoms with van der Waals surface area (Å²) in [7, 11) is 1.55. The van der Waals surface area contributed by atoms with Crippen LogP contribution in [-0.2, 0) is 11.2 Å². The Kier molecular flexibility index (Phi) is 6.90. The molecular formula is C20H22ClNO3. The number of rotatable bonds is 7. The van der Waals surface area contributed by atoms with Gasteiger partial charge in [0.25, 0.3) is 0 Å². The largest absolute Gasteiger partial charge is 0.493 e. The Labute approximate surface area is 153 Å². The highest BCUT2D eigenvalue weighted by Crippen LogP contribution is 2.36. The van der Waals surface area contributed by atoms with E-state index in [1.165, 1.54) is 6.08 Å². The topological polar surface area (TPSA) is 47.6 Å². The summed E-state index contributed by atoms with van der Waals surface area (Å²) >= 11 is 6.24. The summed E-state index contributed by atoms with van der Waals surface area (Å²) in [5, 5.41) is 3.33. The molecule has 0 spiro atoms. The van der Waals surface area contributed by atoms with E-state index in [0.717, 1.165) is 23.2 Å². The minimum Gasteiger partial charge on any atom is -0.493 e. The summed E-state index contributed by atoms with van der Waals surface area (Å²) in [6, 6.07) is 11.3. The van der Waals surface area contributed by atoms with E-state index in [4.69, 9.17) is 21.1 Å². The fraction of sp³-hybridized carbons (Fsp3) is 0.250. The summed E-state index contributed by atoms with van der Waals surface area (Å²) in [6.07, 6.45) is 4.01. The molecule has 0 bridgehead atoms. The monoisotopic (exact) mass is 359 g/mol. The average molecular weight is 360 g/mol. The number of amides is 1. The fourth-order valence-electron chi connectivity index (χ4n) is 2.42. The molecule has 0 unspecified atom stereocenters. The number of aryl methyl sites for hydroxylation is 1. The van der Waals surface area contributed by atoms with E-state index in [2.05, 4.69) is 12.2 Å². The van der Waals surface area contributed by atoms with Crippen LogP contribution >= 0.6 is 11.6 Å². The van der Waals surface area contributed by atoms with Crippen LogP contribution in [0.15, 0.2) is 42.5 Å². The van der Waals surface area contributed by atoms with E-state index in [0.29, 0.717) is 23.1 Å². The molecule has 2 rings (SSSR count). The van der Waals surface area contributed by atoms with E-state index in [9.17, 15) is 4.79 Å². The number of carbonyl (C=O) groups is 1. The number of para-hydroxylation sites is 1. The molecule has 4 nitrogen and oxygen atoms in total. The van der Waals surface area contributed by atoms with Crippen LogP contribution in [0.3, 0.4) is 0 Å². The van der Waals surface area contributed by atoms with Gasteiger partial charge in [-0.2, -0.15) is 0 Å². The Morgan fingerprint density at radius 3 is 2.68 bits per heavy atom. The Hall–Kier alpha value is -2.46. The number of halogens is 1. The lowest BCUT2D eigenvalue weighted by Crippen LogP contribution is -2.09. The van der Waals surface area contributed by atoms with Gasteiger partial charge in [0.1, 0.15) is 0 Å². The Balaban J connectivity index is 2.15. The van der Waals surface area contributed by atoms with Crippen molar-refractivity contribution in [2.45, 2.75) is 20.3 Å². The van der Waals surface area contributed by atoms with Crippen molar-refractivity contribution in [2.24, 2.45) is 0 Å². The third kappa shape index (κ3) is 5.00. The van der Waals surface area contributed by atoms with E-state index in [1.54, 1.807) is 25.3 Å². The first kappa shape index (κ1) is 18.9. The standard InChI is InChI=1S/C20H22ClNO3/c1-4-15-8-6-7-9-17(15)22-19(23)11-10-14-12-16(21)20(25-5-2)18(13-14)24-3/h6-13H,4-5H2,1-3H3,(H,22,23)/b11-10+. The summed E-state index contributed by atoms with van der Waals surface area (Å²) in [4.78, 5) is 12.2. The fourth-order valence-corrected chi connectivity index (χ4v) is 2.69. The lowest BCUT2D eigenvalue weighted by atomic mass is 10.1. The maximum Gasteiger partial charge on any atom is 0.248 e. The molecule has 0 atom stereocenters. The minimum absolute atomic E-state index is 0.204.